The molecule has 1 heterocycles. The molecule has 2 unspecified atom stereocenters. The van der Waals surface area contributed by atoms with Gasteiger partial charge in [0.05, 0.1) is 24.9 Å². The first-order chi connectivity index (χ1) is 18.1. The van der Waals surface area contributed by atoms with Gasteiger partial charge in [0.2, 0.25) is 5.91 Å². The van der Waals surface area contributed by atoms with Gasteiger partial charge in [-0.25, -0.2) is 9.18 Å². The van der Waals surface area contributed by atoms with E-state index in [1.54, 1.807) is 41.3 Å². The zero-order valence-electron chi connectivity index (χ0n) is 21.2. The summed E-state index contributed by atoms with van der Waals surface area (Å²) in [4.78, 5) is 38.8. The monoisotopic (exact) mass is 519 g/mol. The van der Waals surface area contributed by atoms with E-state index in [9.17, 15) is 19.5 Å². The number of nitrogens with two attached hydrogens (primary N) is 1. The van der Waals surface area contributed by atoms with Crippen LogP contribution in [0.1, 0.15) is 31.1 Å². The van der Waals surface area contributed by atoms with Crippen LogP contribution >= 0.6 is 0 Å². The molecule has 3 aromatic rings. The first kappa shape index (κ1) is 27.0. The third-order valence-electron chi connectivity index (χ3n) is 6.63. The highest BCUT2D eigenvalue weighted by Gasteiger charge is 2.38. The van der Waals surface area contributed by atoms with E-state index < -0.39 is 30.2 Å². The topological polar surface area (TPSA) is 113 Å². The van der Waals surface area contributed by atoms with Gasteiger partial charge in [-0.3, -0.25) is 14.5 Å². The van der Waals surface area contributed by atoms with Crippen LogP contribution in [0.3, 0.4) is 0 Å². The first-order valence-electron chi connectivity index (χ1n) is 12.3. The Morgan fingerprint density at radius 3 is 2.39 bits per heavy atom. The molecule has 1 aliphatic rings. The van der Waals surface area contributed by atoms with Gasteiger partial charge in [0.1, 0.15) is 23.7 Å². The Morgan fingerprint density at radius 2 is 1.79 bits per heavy atom. The second-order valence-electron chi connectivity index (χ2n) is 9.36. The van der Waals surface area contributed by atoms with E-state index in [0.29, 0.717) is 28.9 Å². The average Bonchev–Trinajstić information content (AvgIpc) is 3.29. The molecule has 3 atom stereocenters. The van der Waals surface area contributed by atoms with Crippen molar-refractivity contribution < 1.29 is 28.6 Å². The van der Waals surface area contributed by atoms with Crippen LogP contribution in [0.25, 0.3) is 11.1 Å². The van der Waals surface area contributed by atoms with E-state index in [1.165, 1.54) is 24.8 Å². The number of amides is 2. The lowest BCUT2D eigenvalue weighted by atomic mass is 10.0. The van der Waals surface area contributed by atoms with Crippen molar-refractivity contribution in [2.24, 2.45) is 5.73 Å². The molecule has 0 saturated carbocycles. The predicted octanol–water partition coefficient (Wildman–Crippen LogP) is 3.82. The Bertz CT molecular complexity index is 1320. The van der Waals surface area contributed by atoms with Crippen molar-refractivity contribution in [1.82, 2.24) is 4.90 Å². The van der Waals surface area contributed by atoms with E-state index in [4.69, 9.17) is 10.5 Å². The SMILES string of the molecule is CC(=O)[C@@H](N)C1CN(c2ccc(-c3ccc(C(O)CN(Cc4ccccc4)C(C)=O)cc3)c(F)c2)C(=O)O1. The van der Waals surface area contributed by atoms with Gasteiger partial charge < -0.3 is 20.5 Å². The minimum atomic E-state index is -0.942. The van der Waals surface area contributed by atoms with E-state index in [1.807, 2.05) is 30.3 Å². The maximum absolute atomic E-state index is 15.1. The number of aliphatic hydroxyl groups excluding tert-OH is 1. The predicted molar refractivity (Wildman–Crippen MR) is 141 cm³/mol. The summed E-state index contributed by atoms with van der Waals surface area (Å²) in [6.45, 7) is 3.34. The Hall–Kier alpha value is -4.08. The highest BCUT2D eigenvalue weighted by atomic mass is 19.1. The third kappa shape index (κ3) is 6.07. The van der Waals surface area contributed by atoms with E-state index in [-0.39, 0.29) is 24.8 Å². The number of benzene rings is 3. The third-order valence-corrected chi connectivity index (χ3v) is 6.63. The molecule has 1 fully saturated rings. The number of hydrogen-bond acceptors (Lipinski definition) is 6. The molecule has 4 rings (SSSR count). The molecule has 0 aliphatic carbocycles. The minimum absolute atomic E-state index is 0.0481. The van der Waals surface area contributed by atoms with Crippen LogP contribution in [0.2, 0.25) is 0 Å². The van der Waals surface area contributed by atoms with Crippen molar-refractivity contribution in [2.45, 2.75) is 38.6 Å². The summed E-state index contributed by atoms with van der Waals surface area (Å²) in [5.41, 5.74) is 8.55. The standard InChI is InChI=1S/C29H30FN3O5/c1-18(34)28(31)27-17-33(29(37)38-27)23-12-13-24(25(30)14-23)21-8-10-22(11-9-21)26(36)16-32(19(2)35)15-20-6-4-3-5-7-20/h3-14,26-28,36H,15-17,31H2,1-2H3/t26?,27?,28-/m1/s1. The number of rotatable bonds is 9. The fourth-order valence-electron chi connectivity index (χ4n) is 4.36. The van der Waals surface area contributed by atoms with Crippen LogP contribution in [0, 0.1) is 5.82 Å². The van der Waals surface area contributed by atoms with Crippen LogP contribution in [0.15, 0.2) is 72.8 Å². The molecule has 0 bridgehead atoms. The first-order valence-corrected chi connectivity index (χ1v) is 12.3. The number of halogens is 1. The van der Waals surface area contributed by atoms with E-state index in [0.717, 1.165) is 5.56 Å². The summed E-state index contributed by atoms with van der Waals surface area (Å²) in [5.74, 6) is -0.998. The molecule has 0 radical (unpaired) electrons. The second kappa shape index (κ2) is 11.5. The molecule has 38 heavy (non-hydrogen) atoms. The summed E-state index contributed by atoms with van der Waals surface area (Å²) in [7, 11) is 0. The molecule has 0 spiro atoms. The van der Waals surface area contributed by atoms with Gasteiger partial charge in [0.25, 0.3) is 0 Å². The van der Waals surface area contributed by atoms with Crippen LogP contribution in [-0.2, 0) is 20.9 Å². The minimum Gasteiger partial charge on any atom is -0.442 e. The summed E-state index contributed by atoms with van der Waals surface area (Å²) in [6.07, 6.45) is -2.41. The smallest absolute Gasteiger partial charge is 0.414 e. The van der Waals surface area contributed by atoms with Gasteiger partial charge in [-0.05, 0) is 41.8 Å². The molecule has 2 amide bonds. The van der Waals surface area contributed by atoms with Crippen LogP contribution in [0.4, 0.5) is 14.9 Å². The quantitative estimate of drug-likeness (QED) is 0.445. The molecule has 1 aliphatic heterocycles. The highest BCUT2D eigenvalue weighted by molar-refractivity contribution is 5.92. The highest BCUT2D eigenvalue weighted by Crippen LogP contribution is 2.30. The van der Waals surface area contributed by atoms with Gasteiger partial charge >= 0.3 is 6.09 Å². The summed E-state index contributed by atoms with van der Waals surface area (Å²) in [6, 6.07) is 19.7. The number of carbonyl (C=O) groups excluding carboxylic acids is 3. The molecule has 8 nitrogen and oxygen atoms in total. The lowest BCUT2D eigenvalue weighted by molar-refractivity contribution is -0.131. The molecule has 3 aromatic carbocycles. The van der Waals surface area contributed by atoms with Crippen LogP contribution < -0.4 is 10.6 Å². The van der Waals surface area contributed by atoms with Gasteiger partial charge in [-0.2, -0.15) is 0 Å². The molecule has 198 valence electrons. The van der Waals surface area contributed by atoms with E-state index >= 15 is 4.39 Å². The van der Waals surface area contributed by atoms with Crippen LogP contribution in [0.5, 0.6) is 0 Å². The van der Waals surface area contributed by atoms with Crippen molar-refractivity contribution in [1.29, 1.82) is 0 Å². The summed E-state index contributed by atoms with van der Waals surface area (Å²) >= 11 is 0. The molecular formula is C29H30FN3O5. The number of ketones is 1. The normalized spacial score (nSPS) is 16.6. The number of cyclic esters (lactones) is 1. The Labute approximate surface area is 220 Å². The van der Waals surface area contributed by atoms with Crippen molar-refractivity contribution >= 4 is 23.5 Å². The number of Topliss-reactive ketones (excluding diaryl/α,β-unsaturated/α-hetero) is 1. The maximum atomic E-state index is 15.1. The van der Waals surface area contributed by atoms with Crippen molar-refractivity contribution in [3.8, 4) is 11.1 Å². The molecule has 0 aromatic heterocycles. The Morgan fingerprint density at radius 1 is 1.11 bits per heavy atom. The lowest BCUT2D eigenvalue weighted by Crippen LogP contribution is -2.43. The summed E-state index contributed by atoms with van der Waals surface area (Å²) in [5, 5.41) is 10.8. The lowest BCUT2D eigenvalue weighted by Gasteiger charge is -2.24. The maximum Gasteiger partial charge on any atom is 0.414 e. The number of aliphatic hydroxyl groups is 1. The fraction of sp³-hybridized carbons (Fsp3) is 0.276. The molecule has 9 heteroatoms. The molecule has 3 N–H and O–H groups in total. The van der Waals surface area contributed by atoms with Gasteiger partial charge in [0, 0.05) is 19.0 Å². The van der Waals surface area contributed by atoms with Crippen LogP contribution in [-0.4, -0.2) is 53.0 Å². The second-order valence-corrected chi connectivity index (χ2v) is 9.36. The number of ether oxygens (including phenoxy) is 1. The van der Waals surface area contributed by atoms with Gasteiger partial charge in [-0.1, -0.05) is 54.6 Å². The zero-order chi connectivity index (χ0) is 27.4. The zero-order valence-corrected chi connectivity index (χ0v) is 21.2. The fourth-order valence-corrected chi connectivity index (χ4v) is 4.36. The number of anilines is 1. The van der Waals surface area contributed by atoms with Crippen molar-refractivity contribution in [3.05, 3.63) is 89.7 Å². The largest absolute Gasteiger partial charge is 0.442 e. The van der Waals surface area contributed by atoms with E-state index in [2.05, 4.69) is 0 Å². The molecular weight excluding hydrogens is 489 g/mol. The Balaban J connectivity index is 1.44. The van der Waals surface area contributed by atoms with Crippen molar-refractivity contribution in [2.75, 3.05) is 18.0 Å². The number of hydrogen-bond donors (Lipinski definition) is 2. The van der Waals surface area contributed by atoms with Gasteiger partial charge in [0.15, 0.2) is 0 Å². The average molecular weight is 520 g/mol. The number of carbonyl (C=O) groups is 3. The molecule has 1 saturated heterocycles. The van der Waals surface area contributed by atoms with Gasteiger partial charge in [-0.15, -0.1) is 0 Å². The number of nitrogens with zero attached hydrogens (tertiary/aromatic N) is 2. The summed E-state index contributed by atoms with van der Waals surface area (Å²) < 4.78 is 20.3. The Kier molecular flexibility index (Phi) is 8.19. The van der Waals surface area contributed by atoms with Crippen molar-refractivity contribution in [3.63, 3.8) is 0 Å².